The topological polar surface area (TPSA) is 56.7 Å². The van der Waals surface area contributed by atoms with Gasteiger partial charge in [0.1, 0.15) is 5.82 Å². The molecule has 5 heteroatoms. The Balaban J connectivity index is 2.09. The van der Waals surface area contributed by atoms with E-state index in [9.17, 15) is 4.39 Å². The van der Waals surface area contributed by atoms with Crippen LogP contribution in [-0.2, 0) is 6.54 Å². The van der Waals surface area contributed by atoms with Crippen molar-refractivity contribution in [3.63, 3.8) is 0 Å². The molecule has 0 aliphatic rings. The Kier molecular flexibility index (Phi) is 2.44. The average molecular weight is 242 g/mol. The monoisotopic (exact) mass is 242 g/mol. The molecular formula is C13H11FN4. The minimum atomic E-state index is -0.312. The number of nitrogens with zero attached hydrogens (tertiary/aromatic N) is 3. The molecule has 18 heavy (non-hydrogen) atoms. The maximum Gasteiger partial charge on any atom is 0.201 e. The van der Waals surface area contributed by atoms with Crippen LogP contribution < -0.4 is 5.73 Å². The van der Waals surface area contributed by atoms with Crippen LogP contribution in [0, 0.1) is 5.82 Å². The maximum absolute atomic E-state index is 13.1. The Morgan fingerprint density at radius 3 is 2.94 bits per heavy atom. The van der Waals surface area contributed by atoms with Crippen molar-refractivity contribution in [2.24, 2.45) is 0 Å². The molecule has 2 heterocycles. The van der Waals surface area contributed by atoms with Gasteiger partial charge in [-0.15, -0.1) is 0 Å². The quantitative estimate of drug-likeness (QED) is 0.749. The van der Waals surface area contributed by atoms with Crippen molar-refractivity contribution in [3.05, 3.63) is 54.1 Å². The molecule has 2 aromatic heterocycles. The Morgan fingerprint density at radius 2 is 2.17 bits per heavy atom. The van der Waals surface area contributed by atoms with Crippen LogP contribution in [0.3, 0.4) is 0 Å². The summed E-state index contributed by atoms with van der Waals surface area (Å²) in [5, 5.41) is 0. The van der Waals surface area contributed by atoms with E-state index in [1.807, 2.05) is 16.7 Å². The van der Waals surface area contributed by atoms with E-state index in [4.69, 9.17) is 5.73 Å². The van der Waals surface area contributed by atoms with Crippen LogP contribution in [0.15, 0.2) is 42.7 Å². The van der Waals surface area contributed by atoms with Crippen LogP contribution in [0.25, 0.3) is 11.0 Å². The Hall–Kier alpha value is -2.43. The minimum absolute atomic E-state index is 0.312. The largest absolute Gasteiger partial charge is 0.369 e. The summed E-state index contributed by atoms with van der Waals surface area (Å²) in [4.78, 5) is 8.20. The molecule has 3 rings (SSSR count). The SMILES string of the molecule is Nc1nc2cc(F)ccc2n1Cc1cccnc1. The fourth-order valence-electron chi connectivity index (χ4n) is 1.96. The summed E-state index contributed by atoms with van der Waals surface area (Å²) in [5.41, 5.74) is 8.26. The fourth-order valence-corrected chi connectivity index (χ4v) is 1.96. The lowest BCUT2D eigenvalue weighted by Crippen LogP contribution is -2.04. The third kappa shape index (κ3) is 1.79. The molecular weight excluding hydrogens is 231 g/mol. The van der Waals surface area contributed by atoms with Gasteiger partial charge in [0.25, 0.3) is 0 Å². The number of fused-ring (bicyclic) bond motifs is 1. The molecule has 0 atom stereocenters. The van der Waals surface area contributed by atoms with Crippen molar-refractivity contribution >= 4 is 17.0 Å². The van der Waals surface area contributed by atoms with Gasteiger partial charge >= 0.3 is 0 Å². The highest BCUT2D eigenvalue weighted by atomic mass is 19.1. The summed E-state index contributed by atoms with van der Waals surface area (Å²) < 4.78 is 14.9. The highest BCUT2D eigenvalue weighted by Crippen LogP contribution is 2.20. The third-order valence-electron chi connectivity index (χ3n) is 2.80. The molecule has 3 aromatic rings. The average Bonchev–Trinajstić information content (AvgIpc) is 2.66. The lowest BCUT2D eigenvalue weighted by atomic mass is 10.2. The van der Waals surface area contributed by atoms with Crippen LogP contribution in [0.5, 0.6) is 0 Å². The molecule has 2 N–H and O–H groups in total. The molecule has 0 unspecified atom stereocenters. The number of nitrogen functional groups attached to an aromatic ring is 1. The van der Waals surface area contributed by atoms with Crippen LogP contribution in [-0.4, -0.2) is 14.5 Å². The number of pyridine rings is 1. The van der Waals surface area contributed by atoms with Gasteiger partial charge < -0.3 is 10.3 Å². The second-order valence-electron chi connectivity index (χ2n) is 4.05. The number of anilines is 1. The van der Waals surface area contributed by atoms with E-state index in [2.05, 4.69) is 9.97 Å². The van der Waals surface area contributed by atoms with Crippen molar-refractivity contribution in [1.29, 1.82) is 0 Å². The Labute approximate surface area is 103 Å². The maximum atomic E-state index is 13.1. The molecule has 0 saturated carbocycles. The zero-order valence-corrected chi connectivity index (χ0v) is 9.55. The summed E-state index contributed by atoms with van der Waals surface area (Å²) >= 11 is 0. The molecule has 1 aromatic carbocycles. The molecule has 0 spiro atoms. The lowest BCUT2D eigenvalue weighted by molar-refractivity contribution is 0.629. The van der Waals surface area contributed by atoms with E-state index in [0.717, 1.165) is 11.1 Å². The van der Waals surface area contributed by atoms with E-state index in [-0.39, 0.29) is 5.82 Å². The van der Waals surface area contributed by atoms with Gasteiger partial charge in [0.05, 0.1) is 17.6 Å². The second-order valence-corrected chi connectivity index (χ2v) is 4.05. The van der Waals surface area contributed by atoms with Gasteiger partial charge in [0.15, 0.2) is 0 Å². The fraction of sp³-hybridized carbons (Fsp3) is 0.0769. The second kappa shape index (κ2) is 4.10. The van der Waals surface area contributed by atoms with E-state index in [1.165, 1.54) is 12.1 Å². The summed E-state index contributed by atoms with van der Waals surface area (Å²) in [7, 11) is 0. The molecule has 0 fully saturated rings. The van der Waals surface area contributed by atoms with Gasteiger partial charge in [-0.25, -0.2) is 9.37 Å². The van der Waals surface area contributed by atoms with Gasteiger partial charge in [-0.05, 0) is 23.8 Å². The van der Waals surface area contributed by atoms with E-state index < -0.39 is 0 Å². The first-order valence-electron chi connectivity index (χ1n) is 5.54. The number of hydrogen-bond donors (Lipinski definition) is 1. The van der Waals surface area contributed by atoms with Crippen LogP contribution >= 0.6 is 0 Å². The Morgan fingerprint density at radius 1 is 1.28 bits per heavy atom. The first-order chi connectivity index (χ1) is 8.74. The molecule has 0 aliphatic carbocycles. The number of rotatable bonds is 2. The molecule has 90 valence electrons. The van der Waals surface area contributed by atoms with E-state index in [0.29, 0.717) is 18.0 Å². The van der Waals surface area contributed by atoms with Gasteiger partial charge in [0, 0.05) is 18.5 Å². The summed E-state index contributed by atoms with van der Waals surface area (Å²) in [6.45, 7) is 0.571. The number of aromatic nitrogens is 3. The number of halogens is 1. The van der Waals surface area contributed by atoms with Crippen molar-refractivity contribution in [1.82, 2.24) is 14.5 Å². The van der Waals surface area contributed by atoms with Crippen LogP contribution in [0.2, 0.25) is 0 Å². The van der Waals surface area contributed by atoms with E-state index >= 15 is 0 Å². The van der Waals surface area contributed by atoms with Crippen molar-refractivity contribution in [3.8, 4) is 0 Å². The smallest absolute Gasteiger partial charge is 0.201 e. The van der Waals surface area contributed by atoms with E-state index in [1.54, 1.807) is 18.5 Å². The number of hydrogen-bond acceptors (Lipinski definition) is 3. The summed E-state index contributed by atoms with van der Waals surface area (Å²) in [6.07, 6.45) is 3.49. The number of imidazole rings is 1. The van der Waals surface area contributed by atoms with Gasteiger partial charge in [0.2, 0.25) is 5.95 Å². The first kappa shape index (κ1) is 10.7. The lowest BCUT2D eigenvalue weighted by Gasteiger charge is -2.05. The summed E-state index contributed by atoms with van der Waals surface area (Å²) in [6, 6.07) is 8.30. The predicted molar refractivity (Wildman–Crippen MR) is 67.4 cm³/mol. The number of benzene rings is 1. The molecule has 4 nitrogen and oxygen atoms in total. The van der Waals surface area contributed by atoms with Crippen LogP contribution in [0.1, 0.15) is 5.56 Å². The summed E-state index contributed by atoms with van der Waals surface area (Å²) in [5.74, 6) is 0.0629. The minimum Gasteiger partial charge on any atom is -0.369 e. The zero-order chi connectivity index (χ0) is 12.5. The zero-order valence-electron chi connectivity index (χ0n) is 9.55. The van der Waals surface area contributed by atoms with Crippen molar-refractivity contribution in [2.75, 3.05) is 5.73 Å². The normalized spacial score (nSPS) is 10.9. The highest BCUT2D eigenvalue weighted by molar-refractivity contribution is 5.78. The van der Waals surface area contributed by atoms with Crippen molar-refractivity contribution in [2.45, 2.75) is 6.54 Å². The third-order valence-corrected chi connectivity index (χ3v) is 2.80. The molecule has 0 aliphatic heterocycles. The Bertz CT molecular complexity index is 691. The van der Waals surface area contributed by atoms with Crippen LogP contribution in [0.4, 0.5) is 10.3 Å². The molecule has 0 amide bonds. The molecule has 0 bridgehead atoms. The molecule has 0 radical (unpaired) electrons. The first-order valence-corrected chi connectivity index (χ1v) is 5.54. The van der Waals surface area contributed by atoms with Gasteiger partial charge in [-0.3, -0.25) is 4.98 Å². The standard InChI is InChI=1S/C13H11FN4/c14-10-3-4-12-11(6-10)17-13(15)18(12)8-9-2-1-5-16-7-9/h1-7H,8H2,(H2,15,17). The highest BCUT2D eigenvalue weighted by Gasteiger charge is 2.09. The van der Waals surface area contributed by atoms with Gasteiger partial charge in [-0.2, -0.15) is 0 Å². The van der Waals surface area contributed by atoms with Crippen molar-refractivity contribution < 1.29 is 4.39 Å². The number of nitrogens with two attached hydrogens (primary N) is 1. The predicted octanol–water partition coefficient (Wildman–Crippen LogP) is 2.20. The molecule has 0 saturated heterocycles. The van der Waals surface area contributed by atoms with Gasteiger partial charge in [-0.1, -0.05) is 6.07 Å².